The quantitative estimate of drug-likeness (QED) is 0.168. The molecule has 4 aromatic carbocycles. The summed E-state index contributed by atoms with van der Waals surface area (Å²) < 4.78 is 0. The molecule has 6 heteroatoms. The van der Waals surface area contributed by atoms with E-state index >= 15 is 0 Å². The van der Waals surface area contributed by atoms with Crippen molar-refractivity contribution >= 4 is 34.8 Å². The topological polar surface area (TPSA) is 47.1 Å². The highest BCUT2D eigenvalue weighted by molar-refractivity contribution is 6.04. The van der Waals surface area contributed by atoms with E-state index in [4.69, 9.17) is 0 Å². The molecule has 0 fully saturated rings. The minimum absolute atomic E-state index is 0.0479. The molecule has 0 radical (unpaired) electrons. The van der Waals surface area contributed by atoms with Crippen molar-refractivity contribution in [1.82, 2.24) is 0 Å². The van der Waals surface area contributed by atoms with Crippen LogP contribution in [0.25, 0.3) is 11.1 Å². The van der Waals surface area contributed by atoms with Crippen LogP contribution >= 0.6 is 0 Å². The van der Waals surface area contributed by atoms with E-state index in [1.807, 2.05) is 60.3 Å². The number of carbonyl (C=O) groups excluding carboxylic acids is 2. The van der Waals surface area contributed by atoms with E-state index in [0.29, 0.717) is 13.1 Å². The fourth-order valence-electron chi connectivity index (χ4n) is 5.87. The number of amides is 4. The monoisotopic (exact) mass is 618 g/mol. The Morgan fingerprint density at radius 1 is 0.522 bits per heavy atom. The maximum Gasteiger partial charge on any atom is 0.328 e. The SMILES string of the molecule is CCCc1ccc(N(CCC)C(=O)N(C)c2ccc(-c3ccc(N(C)C(=O)N(CCC)c4ccc(C)cc4)cc3C)c(C)c2)cc1. The third-order valence-corrected chi connectivity index (χ3v) is 8.55. The fraction of sp³-hybridized carbons (Fsp3) is 0.350. The molecule has 242 valence electrons. The lowest BCUT2D eigenvalue weighted by atomic mass is 9.95. The Morgan fingerprint density at radius 3 is 1.28 bits per heavy atom. The first kappa shape index (κ1) is 34.3. The molecule has 0 heterocycles. The molecule has 46 heavy (non-hydrogen) atoms. The summed E-state index contributed by atoms with van der Waals surface area (Å²) in [5.41, 5.74) is 10.3. The third kappa shape index (κ3) is 7.79. The molecule has 0 aliphatic carbocycles. The summed E-state index contributed by atoms with van der Waals surface area (Å²) in [5, 5.41) is 0. The van der Waals surface area contributed by atoms with Crippen molar-refractivity contribution in [3.8, 4) is 11.1 Å². The van der Waals surface area contributed by atoms with Crippen molar-refractivity contribution in [2.75, 3.05) is 46.8 Å². The van der Waals surface area contributed by atoms with Crippen LogP contribution < -0.4 is 19.6 Å². The molecule has 0 aromatic heterocycles. The van der Waals surface area contributed by atoms with E-state index in [2.05, 4.69) is 90.1 Å². The summed E-state index contributed by atoms with van der Waals surface area (Å²) in [6.07, 6.45) is 3.87. The fourth-order valence-corrected chi connectivity index (χ4v) is 5.87. The molecule has 0 saturated carbocycles. The second-order valence-corrected chi connectivity index (χ2v) is 12.2. The first-order chi connectivity index (χ1) is 22.1. The maximum absolute atomic E-state index is 13.7. The summed E-state index contributed by atoms with van der Waals surface area (Å²) in [4.78, 5) is 34.5. The predicted octanol–water partition coefficient (Wildman–Crippen LogP) is 10.2. The third-order valence-electron chi connectivity index (χ3n) is 8.55. The zero-order valence-electron chi connectivity index (χ0n) is 28.9. The van der Waals surface area contributed by atoms with Crippen molar-refractivity contribution in [3.05, 3.63) is 107 Å². The van der Waals surface area contributed by atoms with E-state index in [9.17, 15) is 9.59 Å². The number of urea groups is 2. The molecule has 4 amide bonds. The van der Waals surface area contributed by atoms with Gasteiger partial charge in [0.25, 0.3) is 0 Å². The Labute approximate surface area is 276 Å². The lowest BCUT2D eigenvalue weighted by Crippen LogP contribution is -2.42. The first-order valence-corrected chi connectivity index (χ1v) is 16.6. The normalized spacial score (nSPS) is 10.9. The molecule has 0 unspecified atom stereocenters. The molecule has 0 N–H and O–H groups in total. The van der Waals surface area contributed by atoms with Gasteiger partial charge in [-0.15, -0.1) is 0 Å². The Morgan fingerprint density at radius 2 is 0.913 bits per heavy atom. The lowest BCUT2D eigenvalue weighted by molar-refractivity contribution is 0.251. The van der Waals surface area contributed by atoms with E-state index in [0.717, 1.165) is 70.7 Å². The second-order valence-electron chi connectivity index (χ2n) is 12.2. The molecule has 4 aromatic rings. The molecule has 6 nitrogen and oxygen atoms in total. The van der Waals surface area contributed by atoms with Crippen LogP contribution in [-0.2, 0) is 6.42 Å². The highest BCUT2D eigenvalue weighted by Crippen LogP contribution is 2.33. The van der Waals surface area contributed by atoms with Gasteiger partial charge in [0.2, 0.25) is 0 Å². The Kier molecular flexibility index (Phi) is 11.6. The van der Waals surface area contributed by atoms with Crippen molar-refractivity contribution in [3.63, 3.8) is 0 Å². The molecule has 0 aliphatic heterocycles. The van der Waals surface area contributed by atoms with Crippen molar-refractivity contribution in [1.29, 1.82) is 0 Å². The number of anilines is 4. The van der Waals surface area contributed by atoms with Crippen LogP contribution in [-0.4, -0.2) is 39.2 Å². The minimum Gasteiger partial charge on any atom is -0.297 e. The van der Waals surface area contributed by atoms with Gasteiger partial charge in [-0.2, -0.15) is 0 Å². The summed E-state index contributed by atoms with van der Waals surface area (Å²) in [7, 11) is 3.68. The average molecular weight is 619 g/mol. The average Bonchev–Trinajstić information content (AvgIpc) is 3.06. The van der Waals surface area contributed by atoms with Crippen LogP contribution in [0, 0.1) is 20.8 Å². The van der Waals surface area contributed by atoms with Crippen LogP contribution in [0.3, 0.4) is 0 Å². The van der Waals surface area contributed by atoms with Gasteiger partial charge in [0.15, 0.2) is 0 Å². The highest BCUT2D eigenvalue weighted by atomic mass is 16.2. The van der Waals surface area contributed by atoms with Crippen molar-refractivity contribution in [2.45, 2.75) is 67.2 Å². The van der Waals surface area contributed by atoms with Gasteiger partial charge in [0, 0.05) is 49.9 Å². The molecule has 0 bridgehead atoms. The Balaban J connectivity index is 1.54. The zero-order valence-corrected chi connectivity index (χ0v) is 28.9. The highest BCUT2D eigenvalue weighted by Gasteiger charge is 2.23. The second kappa shape index (κ2) is 15.6. The molecule has 0 spiro atoms. The van der Waals surface area contributed by atoms with Crippen LogP contribution in [0.15, 0.2) is 84.9 Å². The predicted molar refractivity (Wildman–Crippen MR) is 196 cm³/mol. The van der Waals surface area contributed by atoms with Gasteiger partial charge in [0.1, 0.15) is 0 Å². The van der Waals surface area contributed by atoms with Gasteiger partial charge < -0.3 is 0 Å². The minimum atomic E-state index is -0.0555. The van der Waals surface area contributed by atoms with Crippen LogP contribution in [0.4, 0.5) is 32.3 Å². The number of hydrogen-bond acceptors (Lipinski definition) is 2. The summed E-state index contributed by atoms with van der Waals surface area (Å²) in [5.74, 6) is 0. The number of nitrogens with zero attached hydrogens (tertiary/aromatic N) is 4. The van der Waals surface area contributed by atoms with Crippen molar-refractivity contribution < 1.29 is 9.59 Å². The summed E-state index contributed by atoms with van der Waals surface area (Å²) >= 11 is 0. The largest absolute Gasteiger partial charge is 0.328 e. The van der Waals surface area contributed by atoms with Gasteiger partial charge in [-0.1, -0.05) is 69.2 Å². The Bertz CT molecular complexity index is 1630. The van der Waals surface area contributed by atoms with E-state index in [-0.39, 0.29) is 12.1 Å². The number of hydrogen-bond donors (Lipinski definition) is 0. The Hall–Kier alpha value is -4.58. The zero-order chi connectivity index (χ0) is 33.4. The van der Waals surface area contributed by atoms with Gasteiger partial charge in [-0.25, -0.2) is 9.59 Å². The van der Waals surface area contributed by atoms with E-state index < -0.39 is 0 Å². The maximum atomic E-state index is 13.7. The first-order valence-electron chi connectivity index (χ1n) is 16.6. The van der Waals surface area contributed by atoms with Crippen LogP contribution in [0.2, 0.25) is 0 Å². The number of carbonyl (C=O) groups is 2. The standard InChI is InChI=1S/C40H50N4O2/c1-9-12-32-15-19-34(20-16-32)44(26-11-3)40(46)42(8)36-22-24-38(31(6)28-36)37-23-21-35(27-30(37)5)41(7)39(45)43(25-10-2)33-17-13-29(4)14-18-33/h13-24,27-28H,9-12,25-26H2,1-8H3. The molecule has 4 rings (SSSR count). The van der Waals surface area contributed by atoms with E-state index in [1.54, 1.807) is 9.80 Å². The molecule has 0 aliphatic rings. The van der Waals surface area contributed by atoms with Crippen molar-refractivity contribution in [2.24, 2.45) is 0 Å². The van der Waals surface area contributed by atoms with Crippen LogP contribution in [0.5, 0.6) is 0 Å². The van der Waals surface area contributed by atoms with E-state index in [1.165, 1.54) is 11.1 Å². The lowest BCUT2D eigenvalue weighted by Gasteiger charge is -2.29. The molecule has 0 atom stereocenters. The number of aryl methyl sites for hydroxylation is 4. The summed E-state index contributed by atoms with van der Waals surface area (Å²) in [6, 6.07) is 28.7. The van der Waals surface area contributed by atoms with Gasteiger partial charge in [-0.05, 0) is 116 Å². The van der Waals surface area contributed by atoms with Gasteiger partial charge in [0.05, 0.1) is 0 Å². The van der Waals surface area contributed by atoms with Gasteiger partial charge >= 0.3 is 12.1 Å². The van der Waals surface area contributed by atoms with Crippen LogP contribution in [0.1, 0.15) is 62.3 Å². The van der Waals surface area contributed by atoms with Gasteiger partial charge in [-0.3, -0.25) is 19.6 Å². The molecular formula is C40H50N4O2. The summed E-state index contributed by atoms with van der Waals surface area (Å²) in [6.45, 7) is 13.9. The molecule has 0 saturated heterocycles. The smallest absolute Gasteiger partial charge is 0.297 e. The number of rotatable bonds is 11. The molecular weight excluding hydrogens is 568 g/mol. The number of benzene rings is 4.